The Morgan fingerprint density at radius 2 is 2.36 bits per heavy atom. The maximum atomic E-state index is 11.7. The number of ketones is 1. The van der Waals surface area contributed by atoms with Gasteiger partial charge in [0.15, 0.2) is 5.78 Å². The average Bonchev–Trinajstić information content (AvgIpc) is 2.60. The third-order valence-corrected chi connectivity index (χ3v) is 3.27. The van der Waals surface area contributed by atoms with E-state index in [0.29, 0.717) is 18.9 Å². The predicted molar refractivity (Wildman–Crippen MR) is 60.8 cm³/mol. The van der Waals surface area contributed by atoms with Crippen molar-refractivity contribution in [3.8, 4) is 0 Å². The van der Waals surface area contributed by atoms with Gasteiger partial charge in [-0.2, -0.15) is 0 Å². The first-order chi connectivity index (χ1) is 6.65. The van der Waals surface area contributed by atoms with E-state index in [1.165, 1.54) is 0 Å². The quantitative estimate of drug-likeness (QED) is 0.761. The maximum absolute atomic E-state index is 11.7. The molecule has 1 aromatic rings. The van der Waals surface area contributed by atoms with Gasteiger partial charge in [-0.05, 0) is 37.3 Å². The summed E-state index contributed by atoms with van der Waals surface area (Å²) in [7, 11) is 0. The Bertz CT molecular complexity index is 306. The molecular weight excluding hydrogens is 194 g/mol. The number of thiophene rings is 1. The van der Waals surface area contributed by atoms with Gasteiger partial charge in [-0.15, -0.1) is 11.3 Å². The first kappa shape index (κ1) is 11.4. The van der Waals surface area contributed by atoms with Crippen LogP contribution in [0.25, 0.3) is 0 Å². The van der Waals surface area contributed by atoms with Crippen molar-refractivity contribution in [2.75, 3.05) is 6.54 Å². The molecule has 1 heterocycles. The lowest BCUT2D eigenvalue weighted by Gasteiger charge is -2.06. The van der Waals surface area contributed by atoms with E-state index in [1.807, 2.05) is 18.4 Å². The summed E-state index contributed by atoms with van der Waals surface area (Å²) < 4.78 is 0. The third kappa shape index (κ3) is 2.93. The normalized spacial score (nSPS) is 12.8. The van der Waals surface area contributed by atoms with Crippen LogP contribution in [-0.4, -0.2) is 12.3 Å². The molecule has 0 radical (unpaired) electrons. The summed E-state index contributed by atoms with van der Waals surface area (Å²) in [5, 5.41) is 1.97. The van der Waals surface area contributed by atoms with Crippen molar-refractivity contribution in [1.29, 1.82) is 0 Å². The fourth-order valence-electron chi connectivity index (χ4n) is 1.30. The van der Waals surface area contributed by atoms with Crippen LogP contribution in [0.5, 0.6) is 0 Å². The zero-order valence-electron chi connectivity index (χ0n) is 8.75. The van der Waals surface area contributed by atoms with Crippen LogP contribution in [-0.2, 0) is 0 Å². The lowest BCUT2D eigenvalue weighted by Crippen LogP contribution is -2.12. The van der Waals surface area contributed by atoms with Gasteiger partial charge in [0.25, 0.3) is 0 Å². The topological polar surface area (TPSA) is 43.1 Å². The summed E-state index contributed by atoms with van der Waals surface area (Å²) in [5.41, 5.74) is 6.39. The predicted octanol–water partition coefficient (Wildman–Crippen LogP) is 2.61. The Balaban J connectivity index is 2.47. The number of Topliss-reactive ketones (excluding diaryl/α,β-unsaturated/α-hetero) is 1. The van der Waals surface area contributed by atoms with Crippen LogP contribution in [0.4, 0.5) is 0 Å². The van der Waals surface area contributed by atoms with Crippen molar-refractivity contribution < 1.29 is 4.79 Å². The van der Waals surface area contributed by atoms with Crippen LogP contribution in [0.3, 0.4) is 0 Å². The van der Waals surface area contributed by atoms with E-state index in [2.05, 4.69) is 6.92 Å². The van der Waals surface area contributed by atoms with Gasteiger partial charge in [-0.25, -0.2) is 0 Å². The Morgan fingerprint density at radius 1 is 1.64 bits per heavy atom. The highest BCUT2D eigenvalue weighted by molar-refractivity contribution is 7.10. The molecule has 1 unspecified atom stereocenters. The maximum Gasteiger partial charge on any atom is 0.163 e. The molecule has 1 rings (SSSR count). The fraction of sp³-hybridized carbons (Fsp3) is 0.545. The molecule has 0 bridgehead atoms. The molecule has 3 heteroatoms. The van der Waals surface area contributed by atoms with E-state index in [9.17, 15) is 4.79 Å². The average molecular weight is 211 g/mol. The van der Waals surface area contributed by atoms with E-state index >= 15 is 0 Å². The van der Waals surface area contributed by atoms with E-state index in [0.717, 1.165) is 16.9 Å². The molecule has 0 aliphatic rings. The number of aryl methyl sites for hydroxylation is 1. The Morgan fingerprint density at radius 3 is 2.86 bits per heavy atom. The molecule has 0 aliphatic heterocycles. The number of rotatable bonds is 5. The molecule has 0 spiro atoms. The summed E-state index contributed by atoms with van der Waals surface area (Å²) in [6, 6.07) is 1.91. The second-order valence-corrected chi connectivity index (χ2v) is 4.81. The molecule has 1 atom stereocenters. The SMILES string of the molecule is Cc1sccc1C(=O)CCC(C)CN. The number of nitrogens with two attached hydrogens (primary N) is 1. The van der Waals surface area contributed by atoms with Gasteiger partial charge in [0, 0.05) is 16.9 Å². The second-order valence-electron chi connectivity index (χ2n) is 3.69. The van der Waals surface area contributed by atoms with Crippen LogP contribution in [0.15, 0.2) is 11.4 Å². The van der Waals surface area contributed by atoms with Crippen molar-refractivity contribution in [3.63, 3.8) is 0 Å². The van der Waals surface area contributed by atoms with Gasteiger partial charge in [0.1, 0.15) is 0 Å². The molecule has 78 valence electrons. The van der Waals surface area contributed by atoms with E-state index in [1.54, 1.807) is 11.3 Å². The molecule has 0 aliphatic carbocycles. The first-order valence-electron chi connectivity index (χ1n) is 4.92. The van der Waals surface area contributed by atoms with Crippen LogP contribution in [0.1, 0.15) is 35.0 Å². The fourth-order valence-corrected chi connectivity index (χ4v) is 2.02. The van der Waals surface area contributed by atoms with Crippen LogP contribution in [0.2, 0.25) is 0 Å². The largest absolute Gasteiger partial charge is 0.330 e. The van der Waals surface area contributed by atoms with E-state index in [-0.39, 0.29) is 5.78 Å². The van der Waals surface area contributed by atoms with Crippen LogP contribution < -0.4 is 5.73 Å². The minimum absolute atomic E-state index is 0.254. The summed E-state index contributed by atoms with van der Waals surface area (Å²) in [5.74, 6) is 0.696. The molecule has 0 saturated heterocycles. The minimum Gasteiger partial charge on any atom is -0.330 e. The van der Waals surface area contributed by atoms with Crippen molar-refractivity contribution in [1.82, 2.24) is 0 Å². The summed E-state index contributed by atoms with van der Waals surface area (Å²) in [4.78, 5) is 12.8. The highest BCUT2D eigenvalue weighted by atomic mass is 32.1. The van der Waals surface area contributed by atoms with Gasteiger partial charge in [0.05, 0.1) is 0 Å². The van der Waals surface area contributed by atoms with Crippen LogP contribution >= 0.6 is 11.3 Å². The molecule has 14 heavy (non-hydrogen) atoms. The zero-order chi connectivity index (χ0) is 10.6. The van der Waals surface area contributed by atoms with Gasteiger partial charge in [-0.1, -0.05) is 6.92 Å². The number of hydrogen-bond acceptors (Lipinski definition) is 3. The lowest BCUT2D eigenvalue weighted by atomic mass is 10.0. The summed E-state index contributed by atoms with van der Waals surface area (Å²) >= 11 is 1.63. The van der Waals surface area contributed by atoms with E-state index in [4.69, 9.17) is 5.73 Å². The molecule has 0 fully saturated rings. The zero-order valence-corrected chi connectivity index (χ0v) is 9.56. The van der Waals surface area contributed by atoms with Gasteiger partial charge in [0.2, 0.25) is 0 Å². The lowest BCUT2D eigenvalue weighted by molar-refractivity contribution is 0.0975. The first-order valence-corrected chi connectivity index (χ1v) is 5.80. The Labute approximate surface area is 89.1 Å². The van der Waals surface area contributed by atoms with Gasteiger partial charge < -0.3 is 5.73 Å². The van der Waals surface area contributed by atoms with Crippen molar-refractivity contribution >= 4 is 17.1 Å². The van der Waals surface area contributed by atoms with Gasteiger partial charge >= 0.3 is 0 Å². The van der Waals surface area contributed by atoms with Crippen molar-refractivity contribution in [3.05, 3.63) is 21.9 Å². The second kappa shape index (κ2) is 5.27. The number of carbonyl (C=O) groups is 1. The van der Waals surface area contributed by atoms with Gasteiger partial charge in [-0.3, -0.25) is 4.79 Å². The molecule has 0 aromatic carbocycles. The highest BCUT2D eigenvalue weighted by Crippen LogP contribution is 2.18. The smallest absolute Gasteiger partial charge is 0.163 e. The molecule has 0 amide bonds. The molecule has 2 nitrogen and oxygen atoms in total. The van der Waals surface area contributed by atoms with Crippen molar-refractivity contribution in [2.45, 2.75) is 26.7 Å². The Kier molecular flexibility index (Phi) is 4.29. The number of carbonyl (C=O) groups excluding carboxylic acids is 1. The standard InChI is InChI=1S/C11H17NOS/c1-8(7-12)3-4-11(13)10-5-6-14-9(10)2/h5-6,8H,3-4,7,12H2,1-2H3. The van der Waals surface area contributed by atoms with Crippen molar-refractivity contribution in [2.24, 2.45) is 11.7 Å². The molecule has 2 N–H and O–H groups in total. The Hall–Kier alpha value is -0.670. The molecule has 1 aromatic heterocycles. The van der Waals surface area contributed by atoms with E-state index < -0.39 is 0 Å². The third-order valence-electron chi connectivity index (χ3n) is 2.43. The minimum atomic E-state index is 0.254. The molecule has 0 saturated carbocycles. The summed E-state index contributed by atoms with van der Waals surface area (Å²) in [6.45, 7) is 4.73. The van der Waals surface area contributed by atoms with Crippen LogP contribution in [0, 0.1) is 12.8 Å². The highest BCUT2D eigenvalue weighted by Gasteiger charge is 2.11. The summed E-state index contributed by atoms with van der Waals surface area (Å²) in [6.07, 6.45) is 1.51. The molecular formula is C11H17NOS. The number of hydrogen-bond donors (Lipinski definition) is 1. The monoisotopic (exact) mass is 211 g/mol.